The maximum atomic E-state index is 12.9. The van der Waals surface area contributed by atoms with Gasteiger partial charge >= 0.3 is 6.18 Å². The van der Waals surface area contributed by atoms with Crippen molar-refractivity contribution >= 4 is 39.1 Å². The van der Waals surface area contributed by atoms with Gasteiger partial charge in [-0.25, -0.2) is 0 Å². The van der Waals surface area contributed by atoms with E-state index in [4.69, 9.17) is 16.3 Å². The predicted molar refractivity (Wildman–Crippen MR) is 103 cm³/mol. The topological polar surface area (TPSA) is 38.3 Å². The number of carbonyl (C=O) groups is 1. The number of halogens is 5. The molecule has 0 heterocycles. The van der Waals surface area contributed by atoms with Crippen molar-refractivity contribution in [3.05, 3.63) is 57.0 Å². The Balaban J connectivity index is 2.10. The van der Waals surface area contributed by atoms with Gasteiger partial charge in [-0.2, -0.15) is 13.2 Å². The van der Waals surface area contributed by atoms with Gasteiger partial charge in [-0.15, -0.1) is 0 Å². The van der Waals surface area contributed by atoms with Crippen LogP contribution in [0.1, 0.15) is 31.9 Å². The molecule has 2 rings (SSSR count). The SMILES string of the molecule is CC(C)(C)c1cc(Br)ccc1OCC(=O)Nc1ccc(Cl)c(C(F)(F)F)c1. The molecule has 0 aliphatic carbocycles. The normalized spacial score (nSPS) is 12.0. The Bertz CT molecular complexity index is 848. The molecule has 0 aliphatic rings. The van der Waals surface area contributed by atoms with Crippen molar-refractivity contribution in [2.75, 3.05) is 11.9 Å². The maximum absolute atomic E-state index is 12.9. The third kappa shape index (κ3) is 5.87. The summed E-state index contributed by atoms with van der Waals surface area (Å²) in [6.45, 7) is 5.69. The van der Waals surface area contributed by atoms with E-state index < -0.39 is 22.7 Å². The van der Waals surface area contributed by atoms with Crippen molar-refractivity contribution in [1.29, 1.82) is 0 Å². The first-order valence-electron chi connectivity index (χ1n) is 7.97. The molecule has 0 fully saturated rings. The molecular weight excluding hydrogens is 447 g/mol. The molecule has 0 unspecified atom stereocenters. The average Bonchev–Trinajstić information content (AvgIpc) is 2.53. The van der Waals surface area contributed by atoms with E-state index in [1.165, 1.54) is 6.07 Å². The third-order valence-electron chi connectivity index (χ3n) is 3.66. The maximum Gasteiger partial charge on any atom is 0.417 e. The fourth-order valence-corrected chi connectivity index (χ4v) is 2.96. The van der Waals surface area contributed by atoms with Gasteiger partial charge in [0.05, 0.1) is 10.6 Å². The Kier molecular flexibility index (Phi) is 6.47. The van der Waals surface area contributed by atoms with E-state index in [2.05, 4.69) is 21.2 Å². The molecule has 146 valence electrons. The van der Waals surface area contributed by atoms with Gasteiger partial charge in [-0.05, 0) is 41.8 Å². The number of rotatable bonds is 4. The first kappa shape index (κ1) is 21.6. The van der Waals surface area contributed by atoms with Gasteiger partial charge in [0.15, 0.2) is 6.61 Å². The fraction of sp³-hybridized carbons (Fsp3) is 0.316. The second kappa shape index (κ2) is 8.10. The van der Waals surface area contributed by atoms with Crippen LogP contribution in [0.2, 0.25) is 5.02 Å². The predicted octanol–water partition coefficient (Wildman–Crippen LogP) is 6.44. The second-order valence-corrected chi connectivity index (χ2v) is 8.24. The molecule has 0 bridgehead atoms. The number of hydrogen-bond donors (Lipinski definition) is 1. The minimum Gasteiger partial charge on any atom is -0.483 e. The van der Waals surface area contributed by atoms with Gasteiger partial charge in [-0.1, -0.05) is 48.3 Å². The van der Waals surface area contributed by atoms with Crippen molar-refractivity contribution in [3.63, 3.8) is 0 Å². The number of carbonyl (C=O) groups excluding carboxylic acids is 1. The minimum atomic E-state index is -4.60. The lowest BCUT2D eigenvalue weighted by atomic mass is 9.86. The molecule has 2 aromatic rings. The zero-order valence-corrected chi connectivity index (χ0v) is 17.2. The van der Waals surface area contributed by atoms with E-state index in [0.29, 0.717) is 5.75 Å². The Morgan fingerprint density at radius 3 is 2.37 bits per heavy atom. The summed E-state index contributed by atoms with van der Waals surface area (Å²) in [6, 6.07) is 8.62. The summed E-state index contributed by atoms with van der Waals surface area (Å²) in [6.07, 6.45) is -4.60. The highest BCUT2D eigenvalue weighted by atomic mass is 79.9. The van der Waals surface area contributed by atoms with Crippen molar-refractivity contribution in [3.8, 4) is 5.75 Å². The Hall–Kier alpha value is -1.73. The molecule has 0 aliphatic heterocycles. The molecule has 0 saturated carbocycles. The van der Waals surface area contributed by atoms with Crippen LogP contribution < -0.4 is 10.1 Å². The summed E-state index contributed by atoms with van der Waals surface area (Å²) in [5.41, 5.74) is -0.332. The van der Waals surface area contributed by atoms with E-state index >= 15 is 0 Å². The minimum absolute atomic E-state index is 0.00724. The number of nitrogens with one attached hydrogen (secondary N) is 1. The number of hydrogen-bond acceptors (Lipinski definition) is 2. The molecule has 1 amide bonds. The van der Waals surface area contributed by atoms with Gasteiger partial charge in [0.1, 0.15) is 5.75 Å². The molecule has 0 radical (unpaired) electrons. The molecule has 0 saturated heterocycles. The summed E-state index contributed by atoms with van der Waals surface area (Å²) in [4.78, 5) is 12.1. The lowest BCUT2D eigenvalue weighted by Crippen LogP contribution is -2.22. The van der Waals surface area contributed by atoms with Crippen LogP contribution in [0.15, 0.2) is 40.9 Å². The number of alkyl halides is 3. The van der Waals surface area contributed by atoms with E-state index in [0.717, 1.165) is 22.2 Å². The second-order valence-electron chi connectivity index (χ2n) is 6.92. The number of amides is 1. The standard InChI is InChI=1S/C19H18BrClF3NO2/c1-18(2,3)14-8-11(20)4-7-16(14)27-10-17(26)25-12-5-6-15(21)13(9-12)19(22,23)24/h4-9H,10H2,1-3H3,(H,25,26). The van der Waals surface area contributed by atoms with Crippen LogP contribution in [-0.2, 0) is 16.4 Å². The monoisotopic (exact) mass is 463 g/mol. The van der Waals surface area contributed by atoms with Gasteiger partial charge < -0.3 is 10.1 Å². The van der Waals surface area contributed by atoms with Crippen LogP contribution >= 0.6 is 27.5 Å². The quantitative estimate of drug-likeness (QED) is 0.566. The van der Waals surface area contributed by atoms with Gasteiger partial charge in [0.2, 0.25) is 0 Å². The van der Waals surface area contributed by atoms with E-state index in [9.17, 15) is 18.0 Å². The lowest BCUT2D eigenvalue weighted by Gasteiger charge is -2.23. The molecule has 0 spiro atoms. The molecule has 8 heteroatoms. The summed E-state index contributed by atoms with van der Waals surface area (Å²) >= 11 is 8.97. The summed E-state index contributed by atoms with van der Waals surface area (Å²) in [5, 5.41) is 1.96. The first-order valence-corrected chi connectivity index (χ1v) is 9.14. The van der Waals surface area contributed by atoms with Gasteiger partial charge in [0.25, 0.3) is 5.91 Å². The average molecular weight is 465 g/mol. The molecule has 0 atom stereocenters. The first-order chi connectivity index (χ1) is 12.4. The Labute approximate surface area is 169 Å². The highest BCUT2D eigenvalue weighted by molar-refractivity contribution is 9.10. The molecule has 2 aromatic carbocycles. The van der Waals surface area contributed by atoms with Crippen LogP contribution in [0.3, 0.4) is 0 Å². The van der Waals surface area contributed by atoms with Crippen LogP contribution in [0.25, 0.3) is 0 Å². The zero-order chi connectivity index (χ0) is 20.4. The zero-order valence-electron chi connectivity index (χ0n) is 14.9. The Morgan fingerprint density at radius 1 is 1.11 bits per heavy atom. The van der Waals surface area contributed by atoms with Crippen LogP contribution in [-0.4, -0.2) is 12.5 Å². The van der Waals surface area contributed by atoms with Gasteiger partial charge in [0, 0.05) is 15.7 Å². The van der Waals surface area contributed by atoms with Crippen molar-refractivity contribution in [2.45, 2.75) is 32.4 Å². The number of benzene rings is 2. The lowest BCUT2D eigenvalue weighted by molar-refractivity contribution is -0.137. The van der Waals surface area contributed by atoms with Crippen LogP contribution in [0, 0.1) is 0 Å². The summed E-state index contributed by atoms with van der Waals surface area (Å²) in [5.74, 6) is -0.0406. The number of anilines is 1. The molecule has 27 heavy (non-hydrogen) atoms. The Morgan fingerprint density at radius 2 is 1.78 bits per heavy atom. The number of ether oxygens (including phenoxy) is 1. The highest BCUT2D eigenvalue weighted by Crippen LogP contribution is 2.36. The van der Waals surface area contributed by atoms with Crippen molar-refractivity contribution in [1.82, 2.24) is 0 Å². The van der Waals surface area contributed by atoms with E-state index in [1.54, 1.807) is 12.1 Å². The van der Waals surface area contributed by atoms with Crippen molar-refractivity contribution < 1.29 is 22.7 Å². The fourth-order valence-electron chi connectivity index (χ4n) is 2.37. The van der Waals surface area contributed by atoms with Gasteiger partial charge in [-0.3, -0.25) is 4.79 Å². The largest absolute Gasteiger partial charge is 0.483 e. The summed E-state index contributed by atoms with van der Waals surface area (Å²) < 4.78 is 45.2. The molecular formula is C19H18BrClF3NO2. The third-order valence-corrected chi connectivity index (χ3v) is 4.49. The van der Waals surface area contributed by atoms with E-state index in [-0.39, 0.29) is 17.7 Å². The van der Waals surface area contributed by atoms with Crippen LogP contribution in [0.5, 0.6) is 5.75 Å². The van der Waals surface area contributed by atoms with E-state index in [1.807, 2.05) is 26.8 Å². The smallest absolute Gasteiger partial charge is 0.417 e. The van der Waals surface area contributed by atoms with Crippen LogP contribution in [0.4, 0.5) is 18.9 Å². The molecule has 3 nitrogen and oxygen atoms in total. The summed E-state index contributed by atoms with van der Waals surface area (Å²) in [7, 11) is 0. The molecule has 0 aromatic heterocycles. The highest BCUT2D eigenvalue weighted by Gasteiger charge is 2.33. The van der Waals surface area contributed by atoms with Crippen molar-refractivity contribution in [2.24, 2.45) is 0 Å². The molecule has 1 N–H and O–H groups in total.